The summed E-state index contributed by atoms with van der Waals surface area (Å²) in [4.78, 5) is 24.4. The van der Waals surface area contributed by atoms with Crippen molar-refractivity contribution in [1.29, 1.82) is 0 Å². The van der Waals surface area contributed by atoms with Crippen molar-refractivity contribution in [1.82, 2.24) is 0 Å². The van der Waals surface area contributed by atoms with Crippen LogP contribution in [0.2, 0.25) is 0 Å². The normalized spacial score (nSPS) is 10.3. The molecule has 0 unspecified atom stereocenters. The molecule has 0 bridgehead atoms. The molecule has 0 spiro atoms. The molecule has 0 aromatic heterocycles. The molecule has 0 aliphatic heterocycles. The predicted molar refractivity (Wildman–Crippen MR) is 117 cm³/mol. The third-order valence-corrected chi connectivity index (χ3v) is 4.11. The van der Waals surface area contributed by atoms with Gasteiger partial charge in [-0.1, -0.05) is 6.92 Å². The summed E-state index contributed by atoms with van der Waals surface area (Å²) in [5.74, 6) is 0.0397. The third-order valence-electron chi connectivity index (χ3n) is 4.11. The lowest BCUT2D eigenvalue weighted by Gasteiger charge is -2.17. The van der Waals surface area contributed by atoms with Gasteiger partial charge in [-0.3, -0.25) is 4.79 Å². The fraction of sp³-hybridized carbons (Fsp3) is 0.391. The van der Waals surface area contributed by atoms with Gasteiger partial charge < -0.3 is 29.4 Å². The van der Waals surface area contributed by atoms with Crippen LogP contribution in [0.15, 0.2) is 30.3 Å². The maximum atomic E-state index is 13.0. The van der Waals surface area contributed by atoms with Gasteiger partial charge in [0, 0.05) is 5.56 Å². The highest BCUT2D eigenvalue weighted by molar-refractivity contribution is 6.06. The van der Waals surface area contributed by atoms with E-state index in [0.29, 0.717) is 49.4 Å². The summed E-state index contributed by atoms with van der Waals surface area (Å²) in [5.41, 5.74) is 0.580. The summed E-state index contributed by atoms with van der Waals surface area (Å²) < 4.78 is 22.6. The average molecular weight is 431 g/mol. The Bertz CT molecular complexity index is 884. The molecule has 2 N–H and O–H groups in total. The Labute approximate surface area is 182 Å². The first-order valence-electron chi connectivity index (χ1n) is 10.3. The van der Waals surface area contributed by atoms with E-state index in [1.807, 2.05) is 27.7 Å². The topological polar surface area (TPSA) is 103 Å². The van der Waals surface area contributed by atoms with E-state index in [0.717, 1.165) is 6.42 Å². The van der Waals surface area contributed by atoms with Gasteiger partial charge in [0.05, 0.1) is 37.7 Å². The zero-order chi connectivity index (χ0) is 22.8. The Morgan fingerprint density at radius 1 is 0.806 bits per heavy atom. The largest absolute Gasteiger partial charge is 0.491 e. The van der Waals surface area contributed by atoms with Crippen LogP contribution in [0.1, 0.15) is 54.8 Å². The standard InChI is InChI=1S/C23H29NO7/c1-5-11-31-18-10-9-15(23(26)27)12-17(18)24-22(25)16-13-19(28-6-2)21(30-8-4)20(14-16)29-7-3/h9-10,12-14H,5-8,11H2,1-4H3,(H,24,25)(H,26,27). The quantitative estimate of drug-likeness (QED) is 0.505. The SMILES string of the molecule is CCCOc1ccc(C(=O)O)cc1NC(=O)c1cc(OCC)c(OCC)c(OCC)c1. The molecule has 1 amide bonds. The number of benzene rings is 2. The number of aromatic carboxylic acids is 1. The van der Waals surface area contributed by atoms with Gasteiger partial charge in [0.2, 0.25) is 5.75 Å². The van der Waals surface area contributed by atoms with Gasteiger partial charge in [0.15, 0.2) is 11.5 Å². The molecule has 0 atom stereocenters. The molecule has 2 aromatic rings. The molecular formula is C23H29NO7. The molecule has 8 nitrogen and oxygen atoms in total. The molecule has 2 aromatic carbocycles. The van der Waals surface area contributed by atoms with Crippen LogP contribution in [0, 0.1) is 0 Å². The lowest BCUT2D eigenvalue weighted by molar-refractivity contribution is 0.0696. The zero-order valence-corrected chi connectivity index (χ0v) is 18.3. The second kappa shape index (κ2) is 11.7. The van der Waals surface area contributed by atoms with Gasteiger partial charge in [0.1, 0.15) is 5.75 Å². The van der Waals surface area contributed by atoms with E-state index < -0.39 is 11.9 Å². The van der Waals surface area contributed by atoms with E-state index in [1.165, 1.54) is 18.2 Å². The maximum absolute atomic E-state index is 13.0. The minimum absolute atomic E-state index is 0.0378. The predicted octanol–water partition coefficient (Wildman–Crippen LogP) is 4.62. The Morgan fingerprint density at radius 3 is 1.94 bits per heavy atom. The molecule has 0 saturated carbocycles. The number of amides is 1. The van der Waals surface area contributed by atoms with E-state index >= 15 is 0 Å². The van der Waals surface area contributed by atoms with Crippen molar-refractivity contribution in [3.8, 4) is 23.0 Å². The van der Waals surface area contributed by atoms with Crippen LogP contribution in [-0.2, 0) is 0 Å². The summed E-state index contributed by atoms with van der Waals surface area (Å²) in [5, 5.41) is 12.0. The number of carboxylic acids is 1. The number of nitrogens with one attached hydrogen (secondary N) is 1. The van der Waals surface area contributed by atoms with Crippen LogP contribution < -0.4 is 24.3 Å². The number of carbonyl (C=O) groups excluding carboxylic acids is 1. The Morgan fingerprint density at radius 2 is 1.42 bits per heavy atom. The van der Waals surface area contributed by atoms with Crippen molar-refractivity contribution >= 4 is 17.6 Å². The first-order valence-corrected chi connectivity index (χ1v) is 10.3. The molecule has 0 aliphatic carbocycles. The molecule has 0 radical (unpaired) electrons. The number of ether oxygens (including phenoxy) is 4. The van der Waals surface area contributed by atoms with Crippen molar-refractivity contribution < 1.29 is 33.6 Å². The third kappa shape index (κ3) is 6.28. The summed E-state index contributed by atoms with van der Waals surface area (Å²) in [6.07, 6.45) is 0.766. The molecule has 0 fully saturated rings. The van der Waals surface area contributed by atoms with Crippen molar-refractivity contribution in [2.45, 2.75) is 34.1 Å². The Kier molecular flexibility index (Phi) is 8.99. The minimum Gasteiger partial charge on any atom is -0.491 e. The number of anilines is 1. The molecular weight excluding hydrogens is 402 g/mol. The van der Waals surface area contributed by atoms with Crippen molar-refractivity contribution in [3.05, 3.63) is 41.5 Å². The second-order valence-corrected chi connectivity index (χ2v) is 6.42. The molecule has 0 heterocycles. The highest BCUT2D eigenvalue weighted by Crippen LogP contribution is 2.39. The highest BCUT2D eigenvalue weighted by atomic mass is 16.5. The maximum Gasteiger partial charge on any atom is 0.335 e. The van der Waals surface area contributed by atoms with E-state index in [9.17, 15) is 14.7 Å². The van der Waals surface area contributed by atoms with Crippen molar-refractivity contribution in [2.24, 2.45) is 0 Å². The summed E-state index contributed by atoms with van der Waals surface area (Å²) >= 11 is 0. The smallest absolute Gasteiger partial charge is 0.335 e. The fourth-order valence-corrected chi connectivity index (χ4v) is 2.81. The van der Waals surface area contributed by atoms with Crippen LogP contribution in [-0.4, -0.2) is 43.4 Å². The highest BCUT2D eigenvalue weighted by Gasteiger charge is 2.20. The molecule has 0 aliphatic rings. The first kappa shape index (κ1) is 23.9. The van der Waals surface area contributed by atoms with E-state index in [2.05, 4.69) is 5.32 Å². The number of rotatable bonds is 12. The lowest BCUT2D eigenvalue weighted by Crippen LogP contribution is -2.15. The van der Waals surface area contributed by atoms with E-state index in [4.69, 9.17) is 18.9 Å². The summed E-state index contributed by atoms with van der Waals surface area (Å²) in [7, 11) is 0. The summed E-state index contributed by atoms with van der Waals surface area (Å²) in [6, 6.07) is 7.47. The van der Waals surface area contributed by atoms with Crippen LogP contribution in [0.25, 0.3) is 0 Å². The summed E-state index contributed by atoms with van der Waals surface area (Å²) in [6.45, 7) is 9.06. The fourth-order valence-electron chi connectivity index (χ4n) is 2.81. The van der Waals surface area contributed by atoms with Gasteiger partial charge in [-0.05, 0) is 57.5 Å². The number of hydrogen-bond donors (Lipinski definition) is 2. The van der Waals surface area contributed by atoms with Gasteiger partial charge in [-0.2, -0.15) is 0 Å². The van der Waals surface area contributed by atoms with Gasteiger partial charge >= 0.3 is 5.97 Å². The van der Waals surface area contributed by atoms with Crippen LogP contribution in [0.3, 0.4) is 0 Å². The molecule has 2 rings (SSSR count). The van der Waals surface area contributed by atoms with E-state index in [1.54, 1.807) is 12.1 Å². The Balaban J connectivity index is 2.44. The van der Waals surface area contributed by atoms with E-state index in [-0.39, 0.29) is 16.8 Å². The zero-order valence-electron chi connectivity index (χ0n) is 18.3. The first-order chi connectivity index (χ1) is 14.9. The van der Waals surface area contributed by atoms with Crippen LogP contribution in [0.5, 0.6) is 23.0 Å². The average Bonchev–Trinajstić information content (AvgIpc) is 2.75. The molecule has 31 heavy (non-hydrogen) atoms. The van der Waals surface area contributed by atoms with Crippen molar-refractivity contribution in [2.75, 3.05) is 31.7 Å². The van der Waals surface area contributed by atoms with Gasteiger partial charge in [0.25, 0.3) is 5.91 Å². The molecule has 8 heteroatoms. The van der Waals surface area contributed by atoms with Gasteiger partial charge in [-0.25, -0.2) is 4.79 Å². The minimum atomic E-state index is -1.10. The number of carbonyl (C=O) groups is 2. The molecule has 168 valence electrons. The van der Waals surface area contributed by atoms with Gasteiger partial charge in [-0.15, -0.1) is 0 Å². The molecule has 0 saturated heterocycles. The Hall–Kier alpha value is -3.42. The number of carboxylic acid groups (broad SMARTS) is 1. The van der Waals surface area contributed by atoms with Crippen molar-refractivity contribution in [3.63, 3.8) is 0 Å². The van der Waals surface area contributed by atoms with Crippen LogP contribution in [0.4, 0.5) is 5.69 Å². The number of hydrogen-bond acceptors (Lipinski definition) is 6. The second-order valence-electron chi connectivity index (χ2n) is 6.42. The lowest BCUT2D eigenvalue weighted by atomic mass is 10.1. The van der Waals surface area contributed by atoms with Crippen LogP contribution >= 0.6 is 0 Å². The monoisotopic (exact) mass is 431 g/mol.